The summed E-state index contributed by atoms with van der Waals surface area (Å²) in [6.45, 7) is 2.08. The number of rotatable bonds is 4. The fraction of sp³-hybridized carbons (Fsp3) is 0.400. The molecule has 23 heavy (non-hydrogen) atoms. The van der Waals surface area contributed by atoms with Crippen molar-refractivity contribution in [2.24, 2.45) is 11.8 Å². The van der Waals surface area contributed by atoms with E-state index in [0.29, 0.717) is 5.92 Å². The molecule has 0 bridgehead atoms. The van der Waals surface area contributed by atoms with Crippen LogP contribution in [0.1, 0.15) is 41.3 Å². The number of aromatic nitrogens is 1. The molecule has 1 saturated carbocycles. The largest absolute Gasteiger partial charge is 0.347 e. The van der Waals surface area contributed by atoms with Crippen LogP contribution in [-0.2, 0) is 17.6 Å². The summed E-state index contributed by atoms with van der Waals surface area (Å²) in [4.78, 5) is 17.3. The number of hydrogen-bond acceptors (Lipinski definition) is 2. The van der Waals surface area contributed by atoms with E-state index in [-0.39, 0.29) is 17.9 Å². The molecule has 1 atom stereocenters. The van der Waals surface area contributed by atoms with Crippen LogP contribution >= 0.6 is 0 Å². The second-order valence-corrected chi connectivity index (χ2v) is 6.90. The molecule has 0 unspecified atom stereocenters. The molecule has 3 nitrogen and oxygen atoms in total. The lowest BCUT2D eigenvalue weighted by Crippen LogP contribution is -2.36. The number of carbonyl (C=O) groups is 1. The number of fused-ring (bicyclic) bond motifs is 1. The molecule has 2 aliphatic carbocycles. The summed E-state index contributed by atoms with van der Waals surface area (Å²) in [5, 5.41) is 3.31. The Kier molecular flexibility index (Phi) is 3.64. The van der Waals surface area contributed by atoms with E-state index in [1.54, 1.807) is 0 Å². The summed E-state index contributed by atoms with van der Waals surface area (Å²) in [5.41, 5.74) is 4.85. The average Bonchev–Trinajstić information content (AvgIpc) is 3.31. The summed E-state index contributed by atoms with van der Waals surface area (Å²) in [5.74, 6) is 0.803. The number of nitrogens with zero attached hydrogens (tertiary/aromatic N) is 1. The Bertz CT molecular complexity index is 711. The first-order valence-electron chi connectivity index (χ1n) is 8.51. The Labute approximate surface area is 137 Å². The Balaban J connectivity index is 1.50. The highest BCUT2D eigenvalue weighted by atomic mass is 16.2. The number of pyridine rings is 1. The van der Waals surface area contributed by atoms with E-state index in [4.69, 9.17) is 0 Å². The average molecular weight is 306 g/mol. The summed E-state index contributed by atoms with van der Waals surface area (Å²) >= 11 is 0. The van der Waals surface area contributed by atoms with Crippen LogP contribution in [0.4, 0.5) is 0 Å². The molecule has 0 saturated heterocycles. The third kappa shape index (κ3) is 2.88. The van der Waals surface area contributed by atoms with Crippen molar-refractivity contribution < 1.29 is 4.79 Å². The molecule has 118 valence electrons. The maximum absolute atomic E-state index is 12.8. The first kappa shape index (κ1) is 14.4. The van der Waals surface area contributed by atoms with Crippen LogP contribution < -0.4 is 5.32 Å². The van der Waals surface area contributed by atoms with Crippen molar-refractivity contribution in [3.05, 3.63) is 65.0 Å². The Morgan fingerprint density at radius 1 is 1.13 bits per heavy atom. The van der Waals surface area contributed by atoms with Crippen molar-refractivity contribution in [1.29, 1.82) is 0 Å². The highest BCUT2D eigenvalue weighted by molar-refractivity contribution is 5.80. The monoisotopic (exact) mass is 306 g/mol. The third-order valence-electron chi connectivity index (χ3n) is 5.16. The quantitative estimate of drug-likeness (QED) is 0.941. The number of carbonyl (C=O) groups excluding carboxylic acids is 1. The van der Waals surface area contributed by atoms with Gasteiger partial charge in [-0.1, -0.05) is 30.3 Å². The minimum absolute atomic E-state index is 0.0673. The van der Waals surface area contributed by atoms with E-state index < -0.39 is 0 Å². The van der Waals surface area contributed by atoms with Gasteiger partial charge in [-0.05, 0) is 61.3 Å². The third-order valence-corrected chi connectivity index (χ3v) is 5.16. The molecule has 0 radical (unpaired) electrons. The van der Waals surface area contributed by atoms with Gasteiger partial charge in [0.1, 0.15) is 0 Å². The fourth-order valence-electron chi connectivity index (χ4n) is 3.68. The van der Waals surface area contributed by atoms with Gasteiger partial charge in [0.25, 0.3) is 0 Å². The summed E-state index contributed by atoms with van der Waals surface area (Å²) < 4.78 is 0. The lowest BCUT2D eigenvalue weighted by molar-refractivity contribution is -0.125. The highest BCUT2D eigenvalue weighted by Gasteiger charge is 2.37. The van der Waals surface area contributed by atoms with Gasteiger partial charge in [0.05, 0.1) is 11.7 Å². The van der Waals surface area contributed by atoms with Gasteiger partial charge in [0, 0.05) is 12.1 Å². The van der Waals surface area contributed by atoms with E-state index in [0.717, 1.165) is 18.5 Å². The molecular weight excluding hydrogens is 284 g/mol. The van der Waals surface area contributed by atoms with Crippen molar-refractivity contribution in [2.75, 3.05) is 0 Å². The fourth-order valence-corrected chi connectivity index (χ4v) is 3.68. The van der Waals surface area contributed by atoms with Gasteiger partial charge >= 0.3 is 0 Å². The molecule has 2 aliphatic rings. The lowest BCUT2D eigenvalue weighted by atomic mass is 10.0. The second-order valence-electron chi connectivity index (χ2n) is 6.90. The smallest absolute Gasteiger partial charge is 0.224 e. The van der Waals surface area contributed by atoms with Crippen LogP contribution in [0.15, 0.2) is 42.6 Å². The van der Waals surface area contributed by atoms with Crippen molar-refractivity contribution in [1.82, 2.24) is 10.3 Å². The minimum atomic E-state index is 0.0673. The Hall–Kier alpha value is -2.16. The molecule has 1 N–H and O–H groups in total. The summed E-state index contributed by atoms with van der Waals surface area (Å²) in [6.07, 6.45) is 5.92. The molecule has 2 aromatic rings. The molecule has 3 heteroatoms. The van der Waals surface area contributed by atoms with Gasteiger partial charge in [0.2, 0.25) is 5.91 Å². The maximum Gasteiger partial charge on any atom is 0.224 e. The van der Waals surface area contributed by atoms with Gasteiger partial charge in [-0.2, -0.15) is 0 Å². The molecule has 0 aliphatic heterocycles. The van der Waals surface area contributed by atoms with Crippen LogP contribution in [0.25, 0.3) is 0 Å². The number of aryl methyl sites for hydroxylation is 1. The van der Waals surface area contributed by atoms with Gasteiger partial charge < -0.3 is 5.32 Å². The molecule has 1 fully saturated rings. The highest BCUT2D eigenvalue weighted by Crippen LogP contribution is 2.41. The molecule has 1 heterocycles. The van der Waals surface area contributed by atoms with Crippen LogP contribution in [-0.4, -0.2) is 10.9 Å². The zero-order valence-electron chi connectivity index (χ0n) is 13.5. The van der Waals surface area contributed by atoms with Crippen LogP contribution in [0.3, 0.4) is 0 Å². The predicted molar refractivity (Wildman–Crippen MR) is 89.9 cm³/mol. The molecule has 0 spiro atoms. The zero-order chi connectivity index (χ0) is 15.8. The Morgan fingerprint density at radius 2 is 1.83 bits per heavy atom. The maximum atomic E-state index is 12.8. The summed E-state index contributed by atoms with van der Waals surface area (Å²) in [7, 11) is 0. The van der Waals surface area contributed by atoms with E-state index in [9.17, 15) is 4.79 Å². The molecule has 1 aromatic heterocycles. The topological polar surface area (TPSA) is 42.0 Å². The zero-order valence-corrected chi connectivity index (χ0v) is 13.5. The number of nitrogens with one attached hydrogen (secondary N) is 1. The van der Waals surface area contributed by atoms with Crippen LogP contribution in [0, 0.1) is 18.8 Å². The van der Waals surface area contributed by atoms with Gasteiger partial charge in [-0.25, -0.2) is 0 Å². The van der Waals surface area contributed by atoms with Crippen LogP contribution in [0.2, 0.25) is 0 Å². The Morgan fingerprint density at radius 3 is 2.43 bits per heavy atom. The summed E-state index contributed by atoms with van der Waals surface area (Å²) in [6, 6.07) is 12.5. The van der Waals surface area contributed by atoms with Crippen molar-refractivity contribution in [3.63, 3.8) is 0 Å². The van der Waals surface area contributed by atoms with E-state index in [1.807, 2.05) is 12.3 Å². The predicted octanol–water partition coefficient (Wildman–Crippen LogP) is 3.37. The van der Waals surface area contributed by atoms with Crippen LogP contribution in [0.5, 0.6) is 0 Å². The standard InChI is InChI=1S/C20H22N2O/c1-13-5-4-10-21-18(13)19(14-8-9-14)22-20(23)17-11-15-6-2-3-7-16(15)12-17/h2-7,10,14,17,19H,8-9,11-12H2,1H3,(H,22,23)/t19-/m1/s1. The lowest BCUT2D eigenvalue weighted by Gasteiger charge is -2.21. The van der Waals surface area contributed by atoms with Crippen molar-refractivity contribution in [3.8, 4) is 0 Å². The first-order valence-corrected chi connectivity index (χ1v) is 8.51. The van der Waals surface area contributed by atoms with Gasteiger partial charge in [0.15, 0.2) is 0 Å². The SMILES string of the molecule is Cc1cccnc1[C@H](NC(=O)C1Cc2ccccc2C1)C1CC1. The molecule has 4 rings (SSSR count). The van der Waals surface area contributed by atoms with E-state index in [2.05, 4.69) is 47.6 Å². The second kappa shape index (κ2) is 5.80. The van der Waals surface area contributed by atoms with Crippen molar-refractivity contribution in [2.45, 2.75) is 38.6 Å². The van der Waals surface area contributed by atoms with E-state index >= 15 is 0 Å². The number of hydrogen-bond donors (Lipinski definition) is 1. The normalized spacial score (nSPS) is 18.5. The number of amides is 1. The molecule has 1 amide bonds. The first-order chi connectivity index (χ1) is 11.2. The van der Waals surface area contributed by atoms with Gasteiger partial charge in [-0.3, -0.25) is 9.78 Å². The molecule has 1 aromatic carbocycles. The molecular formula is C20H22N2O. The number of benzene rings is 1. The minimum Gasteiger partial charge on any atom is -0.347 e. The van der Waals surface area contributed by atoms with Gasteiger partial charge in [-0.15, -0.1) is 0 Å². The van der Waals surface area contributed by atoms with Crippen molar-refractivity contribution >= 4 is 5.91 Å². The van der Waals surface area contributed by atoms with E-state index in [1.165, 1.54) is 29.5 Å².